The van der Waals surface area contributed by atoms with Crippen LogP contribution < -0.4 is 10.6 Å². The van der Waals surface area contributed by atoms with E-state index in [9.17, 15) is 0 Å². The van der Waals surface area contributed by atoms with Crippen molar-refractivity contribution < 1.29 is 0 Å². The normalized spacial score (nSPS) is 32.0. The van der Waals surface area contributed by atoms with E-state index in [1.54, 1.807) is 5.57 Å². The zero-order valence-corrected chi connectivity index (χ0v) is 14.1. The number of dihydropyridines is 1. The monoisotopic (exact) mass is 296 g/mol. The number of fused-ring (bicyclic) bond motifs is 3. The fourth-order valence-corrected chi connectivity index (χ4v) is 4.32. The Kier molecular flexibility index (Phi) is 4.14. The van der Waals surface area contributed by atoms with Gasteiger partial charge in [-0.2, -0.15) is 0 Å². The van der Waals surface area contributed by atoms with E-state index < -0.39 is 0 Å². The van der Waals surface area contributed by atoms with Gasteiger partial charge in [-0.05, 0) is 56.9 Å². The van der Waals surface area contributed by atoms with Crippen LogP contribution in [0, 0.1) is 5.92 Å². The Morgan fingerprint density at radius 3 is 3.00 bits per heavy atom. The molecule has 2 aliphatic carbocycles. The highest BCUT2D eigenvalue weighted by Gasteiger charge is 2.47. The number of nitrogens with one attached hydrogen (secondary N) is 2. The first-order valence-corrected chi connectivity index (χ1v) is 8.57. The average molecular weight is 296 g/mol. The first-order chi connectivity index (χ1) is 10.6. The standard InChI is InChI=1S/C20H28N2/c1-5-7-10-21-20-13-14(3)11-16(17(20)6-2)12-19-18(20)9-8-15(4)22-19/h6,8-9,11,16,21-22H,4-5,7,10,12-13H2,1-3H3/b17-6+. The van der Waals surface area contributed by atoms with E-state index in [1.807, 2.05) is 0 Å². The highest BCUT2D eigenvalue weighted by Crippen LogP contribution is 2.49. The lowest BCUT2D eigenvalue weighted by atomic mass is 9.62. The quantitative estimate of drug-likeness (QED) is 0.595. The summed E-state index contributed by atoms with van der Waals surface area (Å²) in [7, 11) is 0. The van der Waals surface area contributed by atoms with Crippen LogP contribution in [0.3, 0.4) is 0 Å². The Labute approximate surface area is 134 Å². The van der Waals surface area contributed by atoms with E-state index >= 15 is 0 Å². The molecule has 22 heavy (non-hydrogen) atoms. The number of unbranched alkanes of at least 4 members (excludes halogenated alkanes) is 1. The molecular weight excluding hydrogens is 268 g/mol. The van der Waals surface area contributed by atoms with Crippen molar-refractivity contribution in [1.82, 2.24) is 10.6 Å². The van der Waals surface area contributed by atoms with Crippen molar-refractivity contribution in [2.75, 3.05) is 6.54 Å². The van der Waals surface area contributed by atoms with Crippen LogP contribution in [0.25, 0.3) is 0 Å². The van der Waals surface area contributed by atoms with Gasteiger partial charge < -0.3 is 10.6 Å². The number of hydrogen-bond acceptors (Lipinski definition) is 2. The smallest absolute Gasteiger partial charge is 0.0710 e. The van der Waals surface area contributed by atoms with Crippen LogP contribution >= 0.6 is 0 Å². The molecule has 2 unspecified atom stereocenters. The third-order valence-electron chi connectivity index (χ3n) is 5.16. The van der Waals surface area contributed by atoms with Gasteiger partial charge in [0, 0.05) is 17.3 Å². The van der Waals surface area contributed by atoms with Crippen molar-refractivity contribution in [2.45, 2.75) is 52.0 Å². The summed E-state index contributed by atoms with van der Waals surface area (Å²) in [5.74, 6) is 0.512. The van der Waals surface area contributed by atoms with Crippen molar-refractivity contribution in [3.63, 3.8) is 0 Å². The molecule has 0 saturated carbocycles. The van der Waals surface area contributed by atoms with Gasteiger partial charge in [0.05, 0.1) is 5.54 Å². The van der Waals surface area contributed by atoms with Gasteiger partial charge in [0.1, 0.15) is 0 Å². The van der Waals surface area contributed by atoms with Crippen LogP contribution in [0.1, 0.15) is 46.5 Å². The highest BCUT2D eigenvalue weighted by molar-refractivity contribution is 5.57. The lowest BCUT2D eigenvalue weighted by Gasteiger charge is -2.50. The summed E-state index contributed by atoms with van der Waals surface area (Å²) in [5.41, 5.74) is 6.82. The lowest BCUT2D eigenvalue weighted by Crippen LogP contribution is -2.55. The minimum atomic E-state index is -0.0226. The van der Waals surface area contributed by atoms with Gasteiger partial charge in [0.25, 0.3) is 0 Å². The molecule has 2 nitrogen and oxygen atoms in total. The molecule has 1 aliphatic heterocycles. The Morgan fingerprint density at radius 1 is 1.45 bits per heavy atom. The molecule has 0 aromatic heterocycles. The first kappa shape index (κ1) is 15.4. The van der Waals surface area contributed by atoms with E-state index in [0.29, 0.717) is 5.92 Å². The van der Waals surface area contributed by atoms with Crippen LogP contribution in [0.2, 0.25) is 0 Å². The SMILES string of the molecule is C=C1C=CC2=C(CC3C=C(C)CC2(NCCCC)/C3=C/C)N1. The summed E-state index contributed by atoms with van der Waals surface area (Å²) in [6, 6.07) is 0. The third kappa shape index (κ3) is 2.40. The largest absolute Gasteiger partial charge is 0.359 e. The molecule has 3 aliphatic rings. The molecule has 2 N–H and O–H groups in total. The molecule has 2 bridgehead atoms. The van der Waals surface area contributed by atoms with Crippen LogP contribution in [-0.4, -0.2) is 12.1 Å². The molecule has 118 valence electrons. The Balaban J connectivity index is 2.07. The Bertz CT molecular complexity index is 603. The predicted molar refractivity (Wildman–Crippen MR) is 94.3 cm³/mol. The first-order valence-electron chi connectivity index (χ1n) is 8.57. The molecule has 0 radical (unpaired) electrons. The van der Waals surface area contributed by atoms with Crippen LogP contribution in [0.5, 0.6) is 0 Å². The summed E-state index contributed by atoms with van der Waals surface area (Å²) in [6.07, 6.45) is 13.8. The molecule has 2 atom stereocenters. The van der Waals surface area contributed by atoms with Gasteiger partial charge >= 0.3 is 0 Å². The van der Waals surface area contributed by atoms with Gasteiger partial charge in [-0.3, -0.25) is 0 Å². The fourth-order valence-electron chi connectivity index (χ4n) is 4.32. The Morgan fingerprint density at radius 2 is 2.27 bits per heavy atom. The van der Waals surface area contributed by atoms with E-state index in [0.717, 1.165) is 25.1 Å². The summed E-state index contributed by atoms with van der Waals surface area (Å²) in [4.78, 5) is 0. The zero-order valence-electron chi connectivity index (χ0n) is 14.1. The lowest BCUT2D eigenvalue weighted by molar-refractivity contribution is 0.364. The molecule has 2 heteroatoms. The van der Waals surface area contributed by atoms with Gasteiger partial charge in [0.15, 0.2) is 0 Å². The molecular formula is C20H28N2. The number of rotatable bonds is 4. The predicted octanol–water partition coefficient (Wildman–Crippen LogP) is 4.36. The molecule has 0 amide bonds. The number of allylic oxidation sites excluding steroid dienone is 4. The van der Waals surface area contributed by atoms with Crippen molar-refractivity contribution in [1.29, 1.82) is 0 Å². The highest BCUT2D eigenvalue weighted by atomic mass is 15.0. The summed E-state index contributed by atoms with van der Waals surface area (Å²) >= 11 is 0. The maximum atomic E-state index is 4.07. The van der Waals surface area contributed by atoms with Crippen molar-refractivity contribution >= 4 is 0 Å². The van der Waals surface area contributed by atoms with Crippen LogP contribution in [0.15, 0.2) is 59.0 Å². The van der Waals surface area contributed by atoms with Crippen molar-refractivity contribution in [2.24, 2.45) is 5.92 Å². The molecule has 0 aromatic rings. The molecule has 0 fully saturated rings. The van der Waals surface area contributed by atoms with Crippen molar-refractivity contribution in [3.05, 3.63) is 59.0 Å². The second-order valence-electron chi connectivity index (χ2n) is 6.81. The molecule has 3 rings (SSSR count). The maximum absolute atomic E-state index is 4.07. The van der Waals surface area contributed by atoms with Crippen LogP contribution in [-0.2, 0) is 0 Å². The zero-order chi connectivity index (χ0) is 15.7. The van der Waals surface area contributed by atoms with Crippen molar-refractivity contribution in [3.8, 4) is 0 Å². The summed E-state index contributed by atoms with van der Waals surface area (Å²) in [6.45, 7) is 11.9. The Hall–Kier alpha value is -1.54. The second kappa shape index (κ2) is 5.92. The third-order valence-corrected chi connectivity index (χ3v) is 5.16. The average Bonchev–Trinajstić information content (AvgIpc) is 2.46. The van der Waals surface area contributed by atoms with Gasteiger partial charge in [-0.1, -0.05) is 43.7 Å². The fraction of sp³-hybridized carbons (Fsp3) is 0.500. The second-order valence-corrected chi connectivity index (χ2v) is 6.81. The van der Waals surface area contributed by atoms with E-state index in [-0.39, 0.29) is 5.54 Å². The van der Waals surface area contributed by atoms with Gasteiger partial charge in [0.2, 0.25) is 0 Å². The van der Waals surface area contributed by atoms with Gasteiger partial charge in [-0.15, -0.1) is 0 Å². The summed E-state index contributed by atoms with van der Waals surface area (Å²) < 4.78 is 0. The summed E-state index contributed by atoms with van der Waals surface area (Å²) in [5, 5.41) is 7.45. The molecule has 0 aromatic carbocycles. The minimum absolute atomic E-state index is 0.0226. The van der Waals surface area contributed by atoms with Gasteiger partial charge in [-0.25, -0.2) is 0 Å². The molecule has 1 heterocycles. The maximum Gasteiger partial charge on any atom is 0.0710 e. The minimum Gasteiger partial charge on any atom is -0.359 e. The van der Waals surface area contributed by atoms with Crippen LogP contribution in [0.4, 0.5) is 0 Å². The molecule has 0 spiro atoms. The van der Waals surface area contributed by atoms with E-state index in [2.05, 4.69) is 62.3 Å². The molecule has 0 saturated heterocycles. The number of hydrogen-bond donors (Lipinski definition) is 2. The van der Waals surface area contributed by atoms with E-state index in [4.69, 9.17) is 0 Å². The topological polar surface area (TPSA) is 24.1 Å². The van der Waals surface area contributed by atoms with E-state index in [1.165, 1.54) is 29.7 Å².